The Bertz CT molecular complexity index is 276. The van der Waals surface area contributed by atoms with Gasteiger partial charge < -0.3 is 0 Å². The molecule has 1 aliphatic rings. The number of halogens is 2. The summed E-state index contributed by atoms with van der Waals surface area (Å²) in [6.07, 6.45) is 5.24. The van der Waals surface area contributed by atoms with E-state index >= 15 is 0 Å². The number of hydrogen-bond donors (Lipinski definition) is 0. The molecule has 1 aromatic heterocycles. The zero-order valence-corrected chi connectivity index (χ0v) is 9.63. The second-order valence-corrected chi connectivity index (χ2v) is 5.81. The van der Waals surface area contributed by atoms with Gasteiger partial charge in [-0.05, 0) is 30.9 Å². The monoisotopic (exact) mass is 234 g/mol. The molecule has 72 valence electrons. The average molecular weight is 235 g/mol. The normalized spacial score (nSPS) is 20.8. The van der Waals surface area contributed by atoms with Crippen molar-refractivity contribution >= 4 is 34.5 Å². The Kier molecular flexibility index (Phi) is 3.18. The van der Waals surface area contributed by atoms with Gasteiger partial charge in [-0.2, -0.15) is 0 Å². The summed E-state index contributed by atoms with van der Waals surface area (Å²) in [5, 5.41) is 0.194. The Morgan fingerprint density at radius 2 is 2.00 bits per heavy atom. The molecule has 0 radical (unpaired) electrons. The highest BCUT2D eigenvalue weighted by molar-refractivity contribution is 7.16. The van der Waals surface area contributed by atoms with E-state index in [0.29, 0.717) is 5.92 Å². The van der Waals surface area contributed by atoms with E-state index in [1.807, 2.05) is 6.07 Å². The molecule has 1 aromatic rings. The maximum Gasteiger partial charge on any atom is 0.0931 e. The van der Waals surface area contributed by atoms with Crippen LogP contribution >= 0.6 is 34.5 Å². The summed E-state index contributed by atoms with van der Waals surface area (Å²) < 4.78 is 0.846. The van der Waals surface area contributed by atoms with Crippen LogP contribution in [0.1, 0.15) is 35.9 Å². The van der Waals surface area contributed by atoms with E-state index in [-0.39, 0.29) is 5.38 Å². The fourth-order valence-electron chi connectivity index (χ4n) is 1.96. The summed E-state index contributed by atoms with van der Waals surface area (Å²) in [4.78, 5) is 1.23. The lowest BCUT2D eigenvalue weighted by Gasteiger charge is -2.14. The highest BCUT2D eigenvalue weighted by Crippen LogP contribution is 2.42. The number of rotatable bonds is 2. The highest BCUT2D eigenvalue weighted by Gasteiger charge is 2.25. The van der Waals surface area contributed by atoms with Crippen molar-refractivity contribution < 1.29 is 0 Å². The average Bonchev–Trinajstić information content (AvgIpc) is 2.72. The Hall–Kier alpha value is 0.280. The molecular formula is C10H12Cl2S. The third kappa shape index (κ3) is 2.20. The van der Waals surface area contributed by atoms with Crippen molar-refractivity contribution in [1.29, 1.82) is 0 Å². The van der Waals surface area contributed by atoms with Crippen LogP contribution in [0.4, 0.5) is 0 Å². The maximum absolute atomic E-state index is 6.38. The highest BCUT2D eigenvalue weighted by atomic mass is 35.5. The molecular weight excluding hydrogens is 223 g/mol. The van der Waals surface area contributed by atoms with E-state index in [1.165, 1.54) is 30.6 Å². The van der Waals surface area contributed by atoms with Crippen molar-refractivity contribution in [2.24, 2.45) is 5.92 Å². The Balaban J connectivity index is 2.07. The van der Waals surface area contributed by atoms with E-state index < -0.39 is 0 Å². The molecule has 1 fully saturated rings. The number of alkyl halides is 1. The molecule has 0 spiro atoms. The predicted octanol–water partition coefficient (Wildman–Crippen LogP) is 4.87. The van der Waals surface area contributed by atoms with Gasteiger partial charge in [0.05, 0.1) is 9.71 Å². The molecule has 0 nitrogen and oxygen atoms in total. The van der Waals surface area contributed by atoms with Gasteiger partial charge in [-0.15, -0.1) is 22.9 Å². The Morgan fingerprint density at radius 3 is 2.54 bits per heavy atom. The van der Waals surface area contributed by atoms with E-state index in [9.17, 15) is 0 Å². The first-order chi connectivity index (χ1) is 6.27. The van der Waals surface area contributed by atoms with Gasteiger partial charge in [-0.3, -0.25) is 0 Å². The summed E-state index contributed by atoms with van der Waals surface area (Å²) in [5.41, 5.74) is 0. The molecule has 0 N–H and O–H groups in total. The van der Waals surface area contributed by atoms with Crippen LogP contribution in [0.5, 0.6) is 0 Å². The third-order valence-corrected chi connectivity index (χ3v) is 4.71. The lowest BCUT2D eigenvalue weighted by Crippen LogP contribution is -2.00. The van der Waals surface area contributed by atoms with Crippen LogP contribution in [0.25, 0.3) is 0 Å². The summed E-state index contributed by atoms with van der Waals surface area (Å²) >= 11 is 13.9. The van der Waals surface area contributed by atoms with Crippen molar-refractivity contribution in [3.8, 4) is 0 Å². The van der Waals surface area contributed by atoms with Gasteiger partial charge in [-0.1, -0.05) is 24.4 Å². The van der Waals surface area contributed by atoms with Crippen LogP contribution < -0.4 is 0 Å². The van der Waals surface area contributed by atoms with Crippen molar-refractivity contribution in [3.05, 3.63) is 21.3 Å². The fourth-order valence-corrected chi connectivity index (χ4v) is 3.55. The largest absolute Gasteiger partial charge is 0.127 e. The van der Waals surface area contributed by atoms with Crippen molar-refractivity contribution in [2.75, 3.05) is 0 Å². The zero-order chi connectivity index (χ0) is 9.26. The summed E-state index contributed by atoms with van der Waals surface area (Å²) in [5.74, 6) is 0.677. The first kappa shape index (κ1) is 9.82. The Morgan fingerprint density at radius 1 is 1.31 bits per heavy atom. The number of hydrogen-bond acceptors (Lipinski definition) is 1. The topological polar surface area (TPSA) is 0 Å². The third-order valence-electron chi connectivity index (χ3n) is 2.68. The molecule has 1 atom stereocenters. The number of thiophene rings is 1. The lowest BCUT2D eigenvalue weighted by molar-refractivity contribution is 0.534. The van der Waals surface area contributed by atoms with Crippen LogP contribution in [0.2, 0.25) is 4.34 Å². The smallest absolute Gasteiger partial charge is 0.0931 e. The molecule has 13 heavy (non-hydrogen) atoms. The van der Waals surface area contributed by atoms with Gasteiger partial charge in [0, 0.05) is 4.88 Å². The zero-order valence-electron chi connectivity index (χ0n) is 7.30. The van der Waals surface area contributed by atoms with Crippen LogP contribution in [0, 0.1) is 5.92 Å². The lowest BCUT2D eigenvalue weighted by atomic mass is 10.0. The fraction of sp³-hybridized carbons (Fsp3) is 0.600. The van der Waals surface area contributed by atoms with Gasteiger partial charge in [-0.25, -0.2) is 0 Å². The van der Waals surface area contributed by atoms with Gasteiger partial charge in [0.2, 0.25) is 0 Å². The minimum absolute atomic E-state index is 0.194. The van der Waals surface area contributed by atoms with E-state index in [2.05, 4.69) is 6.07 Å². The van der Waals surface area contributed by atoms with Gasteiger partial charge in [0.25, 0.3) is 0 Å². The van der Waals surface area contributed by atoms with E-state index in [1.54, 1.807) is 11.3 Å². The first-order valence-electron chi connectivity index (χ1n) is 4.66. The minimum atomic E-state index is 0.194. The van der Waals surface area contributed by atoms with Gasteiger partial charge >= 0.3 is 0 Å². The van der Waals surface area contributed by atoms with Crippen molar-refractivity contribution in [1.82, 2.24) is 0 Å². The van der Waals surface area contributed by atoms with Crippen molar-refractivity contribution in [3.63, 3.8) is 0 Å². The molecule has 0 amide bonds. The van der Waals surface area contributed by atoms with Gasteiger partial charge in [0.15, 0.2) is 0 Å². The predicted molar refractivity (Wildman–Crippen MR) is 59.9 cm³/mol. The molecule has 2 rings (SSSR count). The van der Waals surface area contributed by atoms with Crippen LogP contribution in [0.15, 0.2) is 12.1 Å². The van der Waals surface area contributed by atoms with Crippen LogP contribution in [0.3, 0.4) is 0 Å². The molecule has 1 aliphatic carbocycles. The molecule has 1 unspecified atom stereocenters. The quantitative estimate of drug-likeness (QED) is 0.641. The molecule has 0 bridgehead atoms. The molecule has 3 heteroatoms. The van der Waals surface area contributed by atoms with E-state index in [0.717, 1.165) is 4.34 Å². The minimum Gasteiger partial charge on any atom is -0.127 e. The van der Waals surface area contributed by atoms with Crippen LogP contribution in [-0.4, -0.2) is 0 Å². The van der Waals surface area contributed by atoms with Crippen molar-refractivity contribution in [2.45, 2.75) is 31.1 Å². The van der Waals surface area contributed by atoms with E-state index in [4.69, 9.17) is 23.2 Å². The second kappa shape index (κ2) is 4.20. The first-order valence-corrected chi connectivity index (χ1v) is 6.30. The standard InChI is InChI=1S/C10H12Cl2S/c11-9-6-5-8(13-9)10(12)7-3-1-2-4-7/h5-7,10H,1-4H2. The summed E-state index contributed by atoms with van der Waals surface area (Å²) in [6, 6.07) is 3.99. The Labute approximate surface area is 92.9 Å². The van der Waals surface area contributed by atoms with Crippen LogP contribution in [-0.2, 0) is 0 Å². The molecule has 1 heterocycles. The molecule has 1 saturated carbocycles. The maximum atomic E-state index is 6.38. The molecule has 0 aliphatic heterocycles. The molecule has 0 saturated heterocycles. The molecule has 0 aromatic carbocycles. The SMILES string of the molecule is Clc1ccc(C(Cl)C2CCCC2)s1. The summed E-state index contributed by atoms with van der Waals surface area (Å²) in [6.45, 7) is 0. The van der Waals surface area contributed by atoms with Gasteiger partial charge in [0.1, 0.15) is 0 Å². The summed E-state index contributed by atoms with van der Waals surface area (Å²) in [7, 11) is 0. The second-order valence-electron chi connectivity index (χ2n) is 3.59.